The molecule has 0 bridgehead atoms. The van der Waals surface area contributed by atoms with E-state index in [2.05, 4.69) is 167 Å². The highest BCUT2D eigenvalue weighted by atomic mass is 16.3. The van der Waals surface area contributed by atoms with Gasteiger partial charge in [-0.1, -0.05) is 138 Å². The maximum atomic E-state index is 11.2. The van der Waals surface area contributed by atoms with Gasteiger partial charge in [0.2, 0.25) is 0 Å². The van der Waals surface area contributed by atoms with Gasteiger partial charge in [-0.3, -0.25) is 9.55 Å². The molecule has 0 amide bonds. The average molecular weight is 688 g/mol. The molecule has 4 nitrogen and oxygen atoms in total. The van der Waals surface area contributed by atoms with Crippen molar-refractivity contribution in [1.29, 1.82) is 0 Å². The fraction of sp³-hybridized carbons (Fsp3) is 0.143. The highest BCUT2D eigenvalue weighted by molar-refractivity contribution is 5.97. The third-order valence-electron chi connectivity index (χ3n) is 11.0. The van der Waals surface area contributed by atoms with Gasteiger partial charge in [0.05, 0.1) is 28.0 Å². The number of imidazole rings is 1. The Morgan fingerprint density at radius 1 is 0.566 bits per heavy atom. The molecule has 6 aromatic carbocycles. The molecule has 0 saturated carbocycles. The molecule has 8 aromatic rings. The number of aromatic nitrogens is 3. The number of para-hydroxylation sites is 2. The van der Waals surface area contributed by atoms with Crippen LogP contribution < -0.4 is 0 Å². The first-order chi connectivity index (χ1) is 25.6. The van der Waals surface area contributed by atoms with Crippen molar-refractivity contribution in [3.05, 3.63) is 168 Å². The van der Waals surface area contributed by atoms with E-state index in [1.807, 2.05) is 18.2 Å². The molecule has 0 spiro atoms. The van der Waals surface area contributed by atoms with Crippen LogP contribution in [0.5, 0.6) is 5.75 Å². The highest BCUT2D eigenvalue weighted by Gasteiger charge is 2.35. The SMILES string of the molecule is CC(C)(C)c1ccc(-n2c(-c3ccccc3O)nc3c(-c4cccc(-c5cc6c(cn5)C(C)(C)c5ccccc5-6)c4)cccc32)c(-c2ccccc2)c1. The Morgan fingerprint density at radius 3 is 2.04 bits per heavy atom. The first-order valence-corrected chi connectivity index (χ1v) is 18.3. The predicted molar refractivity (Wildman–Crippen MR) is 219 cm³/mol. The molecule has 2 heterocycles. The third-order valence-corrected chi connectivity index (χ3v) is 11.0. The summed E-state index contributed by atoms with van der Waals surface area (Å²) in [5, 5.41) is 11.2. The quantitative estimate of drug-likeness (QED) is 0.196. The molecule has 0 radical (unpaired) electrons. The summed E-state index contributed by atoms with van der Waals surface area (Å²) < 4.78 is 2.22. The molecule has 1 N–H and O–H groups in total. The Balaban J connectivity index is 1.25. The molecule has 0 fully saturated rings. The maximum absolute atomic E-state index is 11.2. The van der Waals surface area contributed by atoms with Gasteiger partial charge in [0.25, 0.3) is 0 Å². The Hall–Kier alpha value is -6.26. The number of rotatable bonds is 5. The van der Waals surface area contributed by atoms with Crippen LogP contribution in [0.15, 0.2) is 152 Å². The Morgan fingerprint density at radius 2 is 1.25 bits per heavy atom. The first-order valence-electron chi connectivity index (χ1n) is 18.3. The van der Waals surface area contributed by atoms with Crippen LogP contribution in [0.3, 0.4) is 0 Å². The van der Waals surface area contributed by atoms with Crippen molar-refractivity contribution in [2.45, 2.75) is 45.4 Å². The molecule has 4 heteroatoms. The molecule has 0 saturated heterocycles. The van der Waals surface area contributed by atoms with Gasteiger partial charge in [-0.25, -0.2) is 4.98 Å². The van der Waals surface area contributed by atoms with Gasteiger partial charge in [-0.15, -0.1) is 0 Å². The predicted octanol–water partition coefficient (Wildman–Crippen LogP) is 12.4. The zero-order valence-electron chi connectivity index (χ0n) is 30.7. The molecular formula is C49H41N3O. The number of fused-ring (bicyclic) bond motifs is 4. The number of pyridine rings is 1. The van der Waals surface area contributed by atoms with Crippen molar-refractivity contribution in [3.8, 4) is 67.5 Å². The van der Waals surface area contributed by atoms with E-state index >= 15 is 0 Å². The van der Waals surface area contributed by atoms with Gasteiger partial charge < -0.3 is 5.11 Å². The van der Waals surface area contributed by atoms with Crippen LogP contribution in [0, 0.1) is 0 Å². The molecule has 1 aliphatic rings. The van der Waals surface area contributed by atoms with Crippen molar-refractivity contribution < 1.29 is 5.11 Å². The van der Waals surface area contributed by atoms with Crippen LogP contribution in [-0.2, 0) is 10.8 Å². The van der Waals surface area contributed by atoms with Crippen molar-refractivity contribution in [2.75, 3.05) is 0 Å². The van der Waals surface area contributed by atoms with Gasteiger partial charge >= 0.3 is 0 Å². The fourth-order valence-electron chi connectivity index (χ4n) is 8.05. The van der Waals surface area contributed by atoms with E-state index < -0.39 is 0 Å². The largest absolute Gasteiger partial charge is 0.507 e. The lowest BCUT2D eigenvalue weighted by molar-refractivity contribution is 0.477. The summed E-state index contributed by atoms with van der Waals surface area (Å²) in [6.07, 6.45) is 2.06. The second-order valence-electron chi connectivity index (χ2n) is 15.7. The van der Waals surface area contributed by atoms with Gasteiger partial charge in [0.1, 0.15) is 11.6 Å². The highest BCUT2D eigenvalue weighted by Crippen LogP contribution is 2.49. The number of phenols is 1. The van der Waals surface area contributed by atoms with Crippen molar-refractivity contribution in [1.82, 2.24) is 14.5 Å². The molecule has 2 aromatic heterocycles. The van der Waals surface area contributed by atoms with E-state index in [1.54, 1.807) is 6.07 Å². The normalized spacial score (nSPS) is 13.2. The summed E-state index contributed by atoms with van der Waals surface area (Å²) in [5.41, 5.74) is 16.0. The Kier molecular flexibility index (Phi) is 7.49. The molecule has 0 atom stereocenters. The smallest absolute Gasteiger partial charge is 0.149 e. The minimum Gasteiger partial charge on any atom is -0.507 e. The number of nitrogens with zero attached hydrogens (tertiary/aromatic N) is 3. The summed E-state index contributed by atoms with van der Waals surface area (Å²) in [5.74, 6) is 0.872. The number of benzene rings is 6. The van der Waals surface area contributed by atoms with Crippen LogP contribution in [0.25, 0.3) is 72.7 Å². The second kappa shape index (κ2) is 12.2. The average Bonchev–Trinajstić information content (AvgIpc) is 3.67. The number of hydrogen-bond donors (Lipinski definition) is 1. The molecule has 0 aliphatic heterocycles. The van der Waals surface area contributed by atoms with Gasteiger partial charge in [-0.2, -0.15) is 0 Å². The molecule has 0 unspecified atom stereocenters. The van der Waals surface area contributed by atoms with E-state index in [0.717, 1.165) is 50.2 Å². The molecule has 258 valence electrons. The summed E-state index contributed by atoms with van der Waals surface area (Å²) in [6, 6.07) is 50.7. The van der Waals surface area contributed by atoms with Crippen LogP contribution in [0.1, 0.15) is 51.3 Å². The minimum atomic E-state index is -0.0912. The summed E-state index contributed by atoms with van der Waals surface area (Å²) in [4.78, 5) is 10.4. The standard InChI is InChI=1S/C49H41N3O/c1-48(2,3)34-25-26-43(38(28-34)31-15-7-6-8-16-31)52-44-23-14-21-35(46(44)51-47(52)37-20-10-12-24-45(37)53)32-17-13-18-33(27-32)42-29-39-36-19-9-11-22-40(36)49(4,5)41(39)30-50-42/h6-30,53H,1-5H3. The summed E-state index contributed by atoms with van der Waals surface area (Å²) in [7, 11) is 0. The zero-order valence-corrected chi connectivity index (χ0v) is 30.7. The molecular weight excluding hydrogens is 647 g/mol. The second-order valence-corrected chi connectivity index (χ2v) is 15.7. The lowest BCUT2D eigenvalue weighted by Crippen LogP contribution is -2.15. The molecule has 1 aliphatic carbocycles. The van der Waals surface area contributed by atoms with Crippen LogP contribution >= 0.6 is 0 Å². The van der Waals surface area contributed by atoms with Crippen molar-refractivity contribution >= 4 is 11.0 Å². The zero-order chi connectivity index (χ0) is 36.5. The topological polar surface area (TPSA) is 50.9 Å². The van der Waals surface area contributed by atoms with E-state index in [9.17, 15) is 5.11 Å². The van der Waals surface area contributed by atoms with Gasteiger partial charge in [0, 0.05) is 28.3 Å². The lowest BCUT2D eigenvalue weighted by atomic mass is 9.83. The summed E-state index contributed by atoms with van der Waals surface area (Å²) in [6.45, 7) is 11.3. The van der Waals surface area contributed by atoms with E-state index in [4.69, 9.17) is 9.97 Å². The van der Waals surface area contributed by atoms with Crippen LogP contribution in [0.4, 0.5) is 0 Å². The fourth-order valence-corrected chi connectivity index (χ4v) is 8.05. The van der Waals surface area contributed by atoms with Crippen molar-refractivity contribution in [2.24, 2.45) is 0 Å². The lowest BCUT2D eigenvalue weighted by Gasteiger charge is -2.23. The number of aromatic hydroxyl groups is 1. The van der Waals surface area contributed by atoms with Crippen LogP contribution in [-0.4, -0.2) is 19.6 Å². The number of hydrogen-bond acceptors (Lipinski definition) is 3. The maximum Gasteiger partial charge on any atom is 0.149 e. The molecule has 53 heavy (non-hydrogen) atoms. The Labute approximate surface area is 311 Å². The monoisotopic (exact) mass is 687 g/mol. The van der Waals surface area contributed by atoms with Crippen LogP contribution in [0.2, 0.25) is 0 Å². The van der Waals surface area contributed by atoms with E-state index in [-0.39, 0.29) is 16.6 Å². The number of phenolic OH excluding ortho intramolecular Hbond substituents is 1. The van der Waals surface area contributed by atoms with Gasteiger partial charge in [0.15, 0.2) is 0 Å². The van der Waals surface area contributed by atoms with E-state index in [0.29, 0.717) is 11.4 Å². The van der Waals surface area contributed by atoms with Gasteiger partial charge in [-0.05, 0) is 86.8 Å². The first kappa shape index (κ1) is 32.6. The minimum absolute atomic E-state index is 0.0366. The Bertz CT molecular complexity index is 2690. The van der Waals surface area contributed by atoms with E-state index in [1.165, 1.54) is 27.8 Å². The molecule has 9 rings (SSSR count). The van der Waals surface area contributed by atoms with Crippen molar-refractivity contribution in [3.63, 3.8) is 0 Å². The third kappa shape index (κ3) is 5.36. The summed E-state index contributed by atoms with van der Waals surface area (Å²) >= 11 is 0.